The maximum atomic E-state index is 11.2. The van der Waals surface area contributed by atoms with Crippen LogP contribution in [0.3, 0.4) is 0 Å². The summed E-state index contributed by atoms with van der Waals surface area (Å²) in [6, 6.07) is 9.07. The third kappa shape index (κ3) is 1.22. The molecule has 0 amide bonds. The molecule has 1 aliphatic rings. The van der Waals surface area contributed by atoms with Crippen molar-refractivity contribution in [1.29, 1.82) is 0 Å². The van der Waals surface area contributed by atoms with Gasteiger partial charge in [0.15, 0.2) is 17.8 Å². The molecule has 80 valence electrons. The lowest BCUT2D eigenvalue weighted by molar-refractivity contribution is 0.112. The first-order valence-electron chi connectivity index (χ1n) is 4.59. The first-order chi connectivity index (χ1) is 7.79. The summed E-state index contributed by atoms with van der Waals surface area (Å²) in [7, 11) is 0. The van der Waals surface area contributed by atoms with Gasteiger partial charge in [-0.05, 0) is 11.5 Å². The summed E-state index contributed by atoms with van der Waals surface area (Å²) in [5.41, 5.74) is 0.347. The molecule has 1 heterocycles. The summed E-state index contributed by atoms with van der Waals surface area (Å²) in [5, 5.41) is 1.64. The van der Waals surface area contributed by atoms with Crippen LogP contribution in [0.2, 0.25) is 0 Å². The number of hydrogen-bond donors (Lipinski definition) is 0. The van der Waals surface area contributed by atoms with Crippen molar-refractivity contribution in [3.63, 3.8) is 0 Å². The normalized spacial score (nSPS) is 17.6. The standard InChI is InChI=1S/C11H6O4S/c12-6-8-5-7-3-1-2-4-9(7)11-10(8)14-16(13)15-11/h1-6H. The van der Waals surface area contributed by atoms with Crippen LogP contribution in [0.15, 0.2) is 30.3 Å². The van der Waals surface area contributed by atoms with Gasteiger partial charge in [-0.2, -0.15) is 4.21 Å². The lowest BCUT2D eigenvalue weighted by Crippen LogP contribution is -1.97. The molecule has 0 spiro atoms. The first-order valence-corrected chi connectivity index (χ1v) is 5.59. The van der Waals surface area contributed by atoms with Crippen LogP contribution in [0, 0.1) is 0 Å². The molecular weight excluding hydrogens is 228 g/mol. The maximum absolute atomic E-state index is 11.2. The van der Waals surface area contributed by atoms with Gasteiger partial charge in [0.25, 0.3) is 0 Å². The molecule has 16 heavy (non-hydrogen) atoms. The smallest absolute Gasteiger partial charge is 0.366 e. The van der Waals surface area contributed by atoms with Crippen LogP contribution >= 0.6 is 0 Å². The lowest BCUT2D eigenvalue weighted by Gasteiger charge is -2.02. The second kappa shape index (κ2) is 3.31. The number of carbonyl (C=O) groups is 1. The molecule has 5 heteroatoms. The third-order valence-corrected chi connectivity index (χ3v) is 3.02. The molecule has 0 saturated carbocycles. The predicted molar refractivity (Wildman–Crippen MR) is 58.7 cm³/mol. The topological polar surface area (TPSA) is 52.6 Å². The highest BCUT2D eigenvalue weighted by Crippen LogP contribution is 2.42. The Labute approximate surface area is 93.7 Å². The maximum Gasteiger partial charge on any atom is 0.418 e. The summed E-state index contributed by atoms with van der Waals surface area (Å²) >= 11 is -1.85. The molecule has 0 aromatic heterocycles. The van der Waals surface area contributed by atoms with Crippen LogP contribution in [0.1, 0.15) is 10.4 Å². The minimum absolute atomic E-state index is 0.257. The Bertz CT molecular complexity index is 621. The van der Waals surface area contributed by atoms with Crippen molar-refractivity contribution < 1.29 is 17.4 Å². The van der Waals surface area contributed by atoms with Gasteiger partial charge in [0, 0.05) is 5.39 Å². The monoisotopic (exact) mass is 234 g/mol. The lowest BCUT2D eigenvalue weighted by atomic mass is 10.1. The van der Waals surface area contributed by atoms with Gasteiger partial charge in [0.2, 0.25) is 0 Å². The first kappa shape index (κ1) is 9.35. The second-order valence-electron chi connectivity index (χ2n) is 3.33. The molecule has 1 aliphatic heterocycles. The van der Waals surface area contributed by atoms with Crippen LogP contribution in [0.4, 0.5) is 0 Å². The van der Waals surface area contributed by atoms with E-state index in [-0.39, 0.29) is 5.75 Å². The largest absolute Gasteiger partial charge is 0.418 e. The fraction of sp³-hybridized carbons (Fsp3) is 0. The minimum Gasteiger partial charge on any atom is -0.366 e. The molecule has 3 rings (SSSR count). The average Bonchev–Trinajstić information content (AvgIpc) is 2.69. The van der Waals surface area contributed by atoms with Crippen molar-refractivity contribution in [3.05, 3.63) is 35.9 Å². The van der Waals surface area contributed by atoms with Crippen molar-refractivity contribution in [2.75, 3.05) is 0 Å². The van der Waals surface area contributed by atoms with Crippen LogP contribution in [-0.2, 0) is 11.4 Å². The highest BCUT2D eigenvalue weighted by Gasteiger charge is 2.27. The highest BCUT2D eigenvalue weighted by molar-refractivity contribution is 7.76. The van der Waals surface area contributed by atoms with E-state index < -0.39 is 11.4 Å². The van der Waals surface area contributed by atoms with E-state index in [9.17, 15) is 9.00 Å². The third-order valence-electron chi connectivity index (χ3n) is 2.41. The molecule has 2 aromatic carbocycles. The molecule has 0 bridgehead atoms. The predicted octanol–water partition coefficient (Wildman–Crippen LogP) is 2.00. The van der Waals surface area contributed by atoms with E-state index in [1.165, 1.54) is 0 Å². The van der Waals surface area contributed by atoms with Crippen molar-refractivity contribution in [2.24, 2.45) is 0 Å². The van der Waals surface area contributed by atoms with Crippen LogP contribution in [0.25, 0.3) is 10.8 Å². The van der Waals surface area contributed by atoms with E-state index in [2.05, 4.69) is 0 Å². The molecule has 4 nitrogen and oxygen atoms in total. The van der Waals surface area contributed by atoms with E-state index >= 15 is 0 Å². The fourth-order valence-corrected chi connectivity index (χ4v) is 2.37. The number of benzene rings is 2. The minimum atomic E-state index is -1.85. The Kier molecular flexibility index (Phi) is 1.94. The SMILES string of the molecule is O=Cc1cc2ccccc2c2c1OS(=O)O2. The van der Waals surface area contributed by atoms with Gasteiger partial charge in [-0.1, -0.05) is 24.3 Å². The second-order valence-corrected chi connectivity index (χ2v) is 4.08. The molecule has 0 N–H and O–H groups in total. The van der Waals surface area contributed by atoms with Gasteiger partial charge in [0.05, 0.1) is 5.56 Å². The molecule has 1 atom stereocenters. The van der Waals surface area contributed by atoms with Crippen molar-refractivity contribution >= 4 is 28.4 Å². The Morgan fingerprint density at radius 3 is 2.69 bits per heavy atom. The van der Waals surface area contributed by atoms with E-state index in [4.69, 9.17) is 8.37 Å². The van der Waals surface area contributed by atoms with Crippen molar-refractivity contribution in [1.82, 2.24) is 0 Å². The number of rotatable bonds is 1. The molecule has 2 aromatic rings. The summed E-state index contributed by atoms with van der Waals surface area (Å²) in [6.07, 6.45) is 0.664. The molecule has 1 unspecified atom stereocenters. The Morgan fingerprint density at radius 1 is 1.12 bits per heavy atom. The van der Waals surface area contributed by atoms with E-state index in [0.717, 1.165) is 10.8 Å². The van der Waals surface area contributed by atoms with E-state index in [0.29, 0.717) is 17.6 Å². The van der Waals surface area contributed by atoms with Crippen LogP contribution in [0.5, 0.6) is 11.5 Å². The van der Waals surface area contributed by atoms with Gasteiger partial charge >= 0.3 is 11.4 Å². The molecule has 0 saturated heterocycles. The van der Waals surface area contributed by atoms with Gasteiger partial charge in [-0.15, -0.1) is 0 Å². The summed E-state index contributed by atoms with van der Waals surface area (Å²) < 4.78 is 21.2. The number of fused-ring (bicyclic) bond motifs is 3. The number of carbonyl (C=O) groups excluding carboxylic acids is 1. The number of aldehydes is 1. The van der Waals surface area contributed by atoms with Gasteiger partial charge in [-0.25, -0.2) is 0 Å². The van der Waals surface area contributed by atoms with Crippen molar-refractivity contribution in [3.8, 4) is 11.5 Å². The van der Waals surface area contributed by atoms with Gasteiger partial charge in [0.1, 0.15) is 0 Å². The summed E-state index contributed by atoms with van der Waals surface area (Å²) in [4.78, 5) is 10.9. The zero-order valence-corrected chi connectivity index (χ0v) is 8.82. The highest BCUT2D eigenvalue weighted by atomic mass is 32.2. The fourth-order valence-electron chi connectivity index (χ4n) is 1.73. The van der Waals surface area contributed by atoms with Crippen molar-refractivity contribution in [2.45, 2.75) is 0 Å². The average molecular weight is 234 g/mol. The van der Waals surface area contributed by atoms with Gasteiger partial charge < -0.3 is 8.37 Å². The summed E-state index contributed by atoms with van der Waals surface area (Å²) in [6.45, 7) is 0. The van der Waals surface area contributed by atoms with E-state index in [1.54, 1.807) is 6.07 Å². The summed E-state index contributed by atoms with van der Waals surface area (Å²) in [5.74, 6) is 0.630. The zero-order chi connectivity index (χ0) is 11.1. The molecule has 0 aliphatic carbocycles. The van der Waals surface area contributed by atoms with Crippen LogP contribution in [-0.4, -0.2) is 10.5 Å². The number of hydrogen-bond acceptors (Lipinski definition) is 4. The van der Waals surface area contributed by atoms with Gasteiger partial charge in [-0.3, -0.25) is 4.79 Å². The zero-order valence-electron chi connectivity index (χ0n) is 8.01. The Hall–Kier alpha value is -1.88. The molecule has 0 fully saturated rings. The quantitative estimate of drug-likeness (QED) is 0.708. The van der Waals surface area contributed by atoms with Crippen LogP contribution < -0.4 is 8.37 Å². The Balaban J connectivity index is 2.43. The Morgan fingerprint density at radius 2 is 1.88 bits per heavy atom. The van der Waals surface area contributed by atoms with E-state index in [1.807, 2.05) is 24.3 Å². The molecule has 0 radical (unpaired) electrons. The molecular formula is C11H6O4S.